The molecular weight excluding hydrogens is 244 g/mol. The Morgan fingerprint density at radius 3 is 2.10 bits per heavy atom. The topological polar surface area (TPSA) is 17.1 Å². The normalized spacial score (nSPS) is 11.8. The van der Waals surface area contributed by atoms with Gasteiger partial charge in [-0.2, -0.15) is 0 Å². The fourth-order valence-corrected chi connectivity index (χ4v) is 2.36. The average Bonchev–Trinajstić information content (AvgIpc) is 2.53. The van der Waals surface area contributed by atoms with Crippen LogP contribution in [0.4, 0.5) is 0 Å². The predicted molar refractivity (Wildman–Crippen MR) is 84.0 cm³/mol. The Balaban J connectivity index is 2.21. The first-order valence-electron chi connectivity index (χ1n) is 7.03. The maximum absolute atomic E-state index is 12.4. The van der Waals surface area contributed by atoms with Crippen molar-refractivity contribution in [2.75, 3.05) is 0 Å². The first kappa shape index (κ1) is 14.3. The van der Waals surface area contributed by atoms with Crippen LogP contribution in [0, 0.1) is 0 Å². The molecule has 0 amide bonds. The molecular formula is C19H20O. The third kappa shape index (κ3) is 3.45. The second-order valence-corrected chi connectivity index (χ2v) is 4.97. The third-order valence-corrected chi connectivity index (χ3v) is 3.63. The molecule has 2 aromatic carbocycles. The minimum Gasteiger partial charge on any atom is -0.294 e. The lowest BCUT2D eigenvalue weighted by molar-refractivity contribution is 0.0977. The van der Waals surface area contributed by atoms with Gasteiger partial charge in [0.25, 0.3) is 0 Å². The molecule has 0 aliphatic heterocycles. The Hall–Kier alpha value is -2.15. The van der Waals surface area contributed by atoms with Crippen LogP contribution in [0.25, 0.3) is 0 Å². The fraction of sp³-hybridized carbons (Fsp3) is 0.211. The van der Waals surface area contributed by atoms with Crippen molar-refractivity contribution >= 4 is 5.78 Å². The van der Waals surface area contributed by atoms with Gasteiger partial charge in [0.15, 0.2) is 5.78 Å². The maximum atomic E-state index is 12.4. The molecule has 102 valence electrons. The molecule has 1 unspecified atom stereocenters. The second-order valence-electron chi connectivity index (χ2n) is 4.97. The number of allylic oxidation sites excluding steroid dienone is 1. The van der Waals surface area contributed by atoms with E-state index in [1.807, 2.05) is 48.5 Å². The third-order valence-electron chi connectivity index (χ3n) is 3.63. The molecule has 2 rings (SSSR count). The molecule has 0 aliphatic rings. The monoisotopic (exact) mass is 264 g/mol. The quantitative estimate of drug-likeness (QED) is 0.529. The SMILES string of the molecule is C=C(CC)C(CC(=O)c1ccccc1)c1ccccc1. The van der Waals surface area contributed by atoms with Crippen LogP contribution in [0.3, 0.4) is 0 Å². The van der Waals surface area contributed by atoms with E-state index in [0.717, 1.165) is 17.6 Å². The first-order valence-corrected chi connectivity index (χ1v) is 7.03. The van der Waals surface area contributed by atoms with Crippen molar-refractivity contribution in [3.8, 4) is 0 Å². The molecule has 0 saturated carbocycles. The zero-order chi connectivity index (χ0) is 14.4. The second kappa shape index (κ2) is 6.85. The van der Waals surface area contributed by atoms with E-state index < -0.39 is 0 Å². The van der Waals surface area contributed by atoms with E-state index in [9.17, 15) is 4.79 Å². The standard InChI is InChI=1S/C19H20O/c1-3-15(2)18(16-10-6-4-7-11-16)14-19(20)17-12-8-5-9-13-17/h4-13,18H,2-3,14H2,1H3. The highest BCUT2D eigenvalue weighted by Gasteiger charge is 2.18. The van der Waals surface area contributed by atoms with E-state index in [2.05, 4.69) is 25.6 Å². The van der Waals surface area contributed by atoms with Crippen LogP contribution in [0.2, 0.25) is 0 Å². The summed E-state index contributed by atoms with van der Waals surface area (Å²) in [6.07, 6.45) is 1.38. The number of rotatable bonds is 6. The summed E-state index contributed by atoms with van der Waals surface area (Å²) in [7, 11) is 0. The molecule has 1 atom stereocenters. The smallest absolute Gasteiger partial charge is 0.163 e. The highest BCUT2D eigenvalue weighted by atomic mass is 16.1. The molecule has 0 heterocycles. The number of benzene rings is 2. The average molecular weight is 264 g/mol. The van der Waals surface area contributed by atoms with Gasteiger partial charge in [0.05, 0.1) is 0 Å². The predicted octanol–water partition coefficient (Wildman–Crippen LogP) is 5.01. The molecule has 0 saturated heterocycles. The summed E-state index contributed by atoms with van der Waals surface area (Å²) in [6.45, 7) is 6.23. The van der Waals surface area contributed by atoms with Crippen LogP contribution >= 0.6 is 0 Å². The van der Waals surface area contributed by atoms with Crippen molar-refractivity contribution in [2.24, 2.45) is 0 Å². The Kier molecular flexibility index (Phi) is 4.89. The van der Waals surface area contributed by atoms with Crippen molar-refractivity contribution < 1.29 is 4.79 Å². The summed E-state index contributed by atoms with van der Waals surface area (Å²) < 4.78 is 0. The summed E-state index contributed by atoms with van der Waals surface area (Å²) in [4.78, 5) is 12.4. The number of hydrogen-bond acceptors (Lipinski definition) is 1. The lowest BCUT2D eigenvalue weighted by atomic mass is 9.85. The van der Waals surface area contributed by atoms with Crippen LogP contribution in [-0.2, 0) is 0 Å². The van der Waals surface area contributed by atoms with Crippen LogP contribution in [0.5, 0.6) is 0 Å². The van der Waals surface area contributed by atoms with E-state index in [4.69, 9.17) is 0 Å². The lowest BCUT2D eigenvalue weighted by Crippen LogP contribution is -2.09. The Morgan fingerprint density at radius 2 is 1.55 bits per heavy atom. The molecule has 0 N–H and O–H groups in total. The van der Waals surface area contributed by atoms with E-state index in [0.29, 0.717) is 6.42 Å². The van der Waals surface area contributed by atoms with Crippen molar-refractivity contribution in [3.05, 3.63) is 83.9 Å². The Morgan fingerprint density at radius 1 is 1.00 bits per heavy atom. The highest BCUT2D eigenvalue weighted by Crippen LogP contribution is 2.30. The van der Waals surface area contributed by atoms with Gasteiger partial charge in [0.1, 0.15) is 0 Å². The zero-order valence-corrected chi connectivity index (χ0v) is 11.9. The molecule has 0 aromatic heterocycles. The van der Waals surface area contributed by atoms with Gasteiger partial charge in [-0.05, 0) is 12.0 Å². The maximum Gasteiger partial charge on any atom is 0.163 e. The summed E-state index contributed by atoms with van der Waals surface area (Å²) in [6, 6.07) is 19.6. The summed E-state index contributed by atoms with van der Waals surface area (Å²) in [5.41, 5.74) is 3.06. The van der Waals surface area contributed by atoms with Gasteiger partial charge in [-0.15, -0.1) is 0 Å². The van der Waals surface area contributed by atoms with Crippen molar-refractivity contribution in [1.82, 2.24) is 0 Å². The van der Waals surface area contributed by atoms with Gasteiger partial charge in [0.2, 0.25) is 0 Å². The van der Waals surface area contributed by atoms with E-state index in [1.54, 1.807) is 0 Å². The minimum atomic E-state index is 0.105. The van der Waals surface area contributed by atoms with Gasteiger partial charge in [-0.25, -0.2) is 0 Å². The number of hydrogen-bond donors (Lipinski definition) is 0. The Bertz CT molecular complexity index is 569. The number of carbonyl (C=O) groups excluding carboxylic acids is 1. The van der Waals surface area contributed by atoms with Crippen molar-refractivity contribution in [2.45, 2.75) is 25.7 Å². The van der Waals surface area contributed by atoms with Crippen LogP contribution in [0.15, 0.2) is 72.8 Å². The van der Waals surface area contributed by atoms with E-state index in [-0.39, 0.29) is 11.7 Å². The van der Waals surface area contributed by atoms with Gasteiger partial charge >= 0.3 is 0 Å². The molecule has 0 aliphatic carbocycles. The zero-order valence-electron chi connectivity index (χ0n) is 11.9. The number of ketones is 1. The van der Waals surface area contributed by atoms with Crippen molar-refractivity contribution in [1.29, 1.82) is 0 Å². The molecule has 0 radical (unpaired) electrons. The van der Waals surface area contributed by atoms with Gasteiger partial charge in [-0.1, -0.05) is 79.7 Å². The van der Waals surface area contributed by atoms with Crippen molar-refractivity contribution in [3.63, 3.8) is 0 Å². The molecule has 1 nitrogen and oxygen atoms in total. The summed E-state index contributed by atoms with van der Waals surface area (Å²) in [5.74, 6) is 0.281. The minimum absolute atomic E-state index is 0.105. The van der Waals surface area contributed by atoms with E-state index >= 15 is 0 Å². The number of carbonyl (C=O) groups is 1. The van der Waals surface area contributed by atoms with Gasteiger partial charge in [-0.3, -0.25) is 4.79 Å². The largest absolute Gasteiger partial charge is 0.294 e. The fourth-order valence-electron chi connectivity index (χ4n) is 2.36. The molecule has 2 aromatic rings. The van der Waals surface area contributed by atoms with Crippen LogP contribution in [0.1, 0.15) is 41.6 Å². The molecule has 0 fully saturated rings. The molecule has 20 heavy (non-hydrogen) atoms. The van der Waals surface area contributed by atoms with Gasteiger partial charge in [0, 0.05) is 17.9 Å². The molecule has 0 spiro atoms. The van der Waals surface area contributed by atoms with Crippen LogP contribution in [-0.4, -0.2) is 5.78 Å². The highest BCUT2D eigenvalue weighted by molar-refractivity contribution is 5.96. The van der Waals surface area contributed by atoms with E-state index in [1.165, 1.54) is 5.56 Å². The first-order chi connectivity index (χ1) is 9.72. The number of Topliss-reactive ketones (excluding diaryl/α,β-unsaturated/α-hetero) is 1. The summed E-state index contributed by atoms with van der Waals surface area (Å²) >= 11 is 0. The summed E-state index contributed by atoms with van der Waals surface area (Å²) in [5, 5.41) is 0. The van der Waals surface area contributed by atoms with Gasteiger partial charge < -0.3 is 0 Å². The molecule has 0 bridgehead atoms. The Labute approximate surface area is 121 Å². The molecule has 1 heteroatoms. The lowest BCUT2D eigenvalue weighted by Gasteiger charge is -2.18. The van der Waals surface area contributed by atoms with Crippen LogP contribution < -0.4 is 0 Å².